The van der Waals surface area contributed by atoms with Gasteiger partial charge >= 0.3 is 0 Å². The van der Waals surface area contributed by atoms with Gasteiger partial charge in [-0.1, -0.05) is 19.8 Å². The molecule has 0 aromatic carbocycles. The van der Waals surface area contributed by atoms with Crippen LogP contribution in [0.5, 0.6) is 0 Å². The highest BCUT2D eigenvalue weighted by atomic mass is 16.5. The predicted octanol–water partition coefficient (Wildman–Crippen LogP) is 2.47. The molecule has 3 unspecified atom stereocenters. The molecule has 3 aliphatic rings. The zero-order valence-electron chi connectivity index (χ0n) is 12.2. The molecule has 0 aromatic heterocycles. The summed E-state index contributed by atoms with van der Waals surface area (Å²) in [5.74, 6) is 1.32. The van der Waals surface area contributed by atoms with Crippen molar-refractivity contribution in [2.45, 2.75) is 76.0 Å². The fourth-order valence-corrected chi connectivity index (χ4v) is 3.55. The van der Waals surface area contributed by atoms with E-state index in [-0.39, 0.29) is 12.1 Å². The lowest BCUT2D eigenvalue weighted by Gasteiger charge is -2.37. The Morgan fingerprint density at radius 2 is 1.84 bits per heavy atom. The Morgan fingerprint density at radius 3 is 2.42 bits per heavy atom. The smallest absolute Gasteiger partial charge is 0.0681 e. The highest BCUT2D eigenvalue weighted by Gasteiger charge is 2.48. The van der Waals surface area contributed by atoms with Crippen LogP contribution < -0.4 is 5.32 Å². The van der Waals surface area contributed by atoms with E-state index in [1.165, 1.54) is 51.4 Å². The third kappa shape index (κ3) is 3.32. The molecule has 2 N–H and O–H groups in total. The van der Waals surface area contributed by atoms with E-state index in [1.54, 1.807) is 0 Å². The molecule has 0 aliphatic heterocycles. The van der Waals surface area contributed by atoms with Crippen LogP contribution in [-0.2, 0) is 4.74 Å². The zero-order chi connectivity index (χ0) is 13.3. The Balaban J connectivity index is 1.57. The minimum absolute atomic E-state index is 0.141. The van der Waals surface area contributed by atoms with Crippen LogP contribution in [0.25, 0.3) is 0 Å². The van der Waals surface area contributed by atoms with Gasteiger partial charge < -0.3 is 15.2 Å². The van der Waals surface area contributed by atoms with E-state index >= 15 is 0 Å². The van der Waals surface area contributed by atoms with Crippen molar-refractivity contribution in [2.24, 2.45) is 11.8 Å². The van der Waals surface area contributed by atoms with E-state index in [0.717, 1.165) is 0 Å². The topological polar surface area (TPSA) is 41.5 Å². The first-order valence-corrected chi connectivity index (χ1v) is 8.24. The molecular weight excluding hydrogens is 238 g/mol. The third-order valence-electron chi connectivity index (χ3n) is 5.30. The van der Waals surface area contributed by atoms with Crippen molar-refractivity contribution in [3.63, 3.8) is 0 Å². The number of rotatable bonds is 7. The van der Waals surface area contributed by atoms with Gasteiger partial charge in [0.05, 0.1) is 24.9 Å². The molecule has 0 aromatic rings. The molecule has 0 heterocycles. The van der Waals surface area contributed by atoms with Crippen LogP contribution in [0.4, 0.5) is 0 Å². The first-order chi connectivity index (χ1) is 9.23. The van der Waals surface area contributed by atoms with Crippen molar-refractivity contribution in [1.82, 2.24) is 5.32 Å². The van der Waals surface area contributed by atoms with Crippen LogP contribution >= 0.6 is 0 Å². The van der Waals surface area contributed by atoms with Gasteiger partial charge in [-0.05, 0) is 50.4 Å². The molecule has 3 atom stereocenters. The molecule has 3 rings (SSSR count). The fourth-order valence-electron chi connectivity index (χ4n) is 3.55. The summed E-state index contributed by atoms with van der Waals surface area (Å²) in [6.07, 6.45) is 10.6. The summed E-state index contributed by atoms with van der Waals surface area (Å²) in [6.45, 7) is 3.25. The third-order valence-corrected chi connectivity index (χ3v) is 5.30. The lowest BCUT2D eigenvalue weighted by Crippen LogP contribution is -2.56. The Bertz CT molecular complexity index is 301. The van der Waals surface area contributed by atoms with Crippen LogP contribution in [0.15, 0.2) is 0 Å². The molecule has 0 bridgehead atoms. The van der Waals surface area contributed by atoms with Gasteiger partial charge in [0.25, 0.3) is 0 Å². The van der Waals surface area contributed by atoms with Gasteiger partial charge in [-0.15, -0.1) is 0 Å². The van der Waals surface area contributed by atoms with E-state index < -0.39 is 0 Å². The van der Waals surface area contributed by atoms with E-state index in [0.29, 0.717) is 30.6 Å². The van der Waals surface area contributed by atoms with Crippen LogP contribution in [0.3, 0.4) is 0 Å². The van der Waals surface area contributed by atoms with E-state index in [9.17, 15) is 5.11 Å². The molecule has 0 saturated heterocycles. The summed E-state index contributed by atoms with van der Waals surface area (Å²) in [5.41, 5.74) is -0.141. The minimum Gasteiger partial charge on any atom is -0.394 e. The Morgan fingerprint density at radius 1 is 1.11 bits per heavy atom. The number of hydrogen-bond donors (Lipinski definition) is 2. The number of aliphatic hydroxyl groups excluding tert-OH is 1. The largest absolute Gasteiger partial charge is 0.394 e. The Hall–Kier alpha value is -0.120. The molecule has 110 valence electrons. The fraction of sp³-hybridized carbons (Fsp3) is 1.00. The van der Waals surface area contributed by atoms with E-state index in [2.05, 4.69) is 12.2 Å². The first-order valence-electron chi connectivity index (χ1n) is 8.24. The molecular formula is C16H29NO2. The second-order valence-corrected chi connectivity index (χ2v) is 7.12. The van der Waals surface area contributed by atoms with Crippen molar-refractivity contribution < 1.29 is 9.84 Å². The molecule has 3 heteroatoms. The molecule has 3 saturated carbocycles. The molecule has 3 aliphatic carbocycles. The standard InChI is InChI=1S/C16H29NO2/c1-12-4-2-3-5-15(12)19-11-16(10-18,13-6-7-13)17-14-8-9-14/h12-15,17-18H,2-11H2,1H3. The first kappa shape index (κ1) is 13.8. The number of nitrogens with one attached hydrogen (secondary N) is 1. The van der Waals surface area contributed by atoms with E-state index in [4.69, 9.17) is 4.74 Å². The monoisotopic (exact) mass is 267 g/mol. The second kappa shape index (κ2) is 5.71. The molecule has 0 spiro atoms. The summed E-state index contributed by atoms with van der Waals surface area (Å²) >= 11 is 0. The zero-order valence-corrected chi connectivity index (χ0v) is 12.2. The molecule has 0 amide bonds. The maximum Gasteiger partial charge on any atom is 0.0681 e. The van der Waals surface area contributed by atoms with Crippen molar-refractivity contribution in [3.8, 4) is 0 Å². The highest BCUT2D eigenvalue weighted by molar-refractivity contribution is 5.04. The Kier molecular flexibility index (Phi) is 4.16. The molecule has 0 radical (unpaired) electrons. The quantitative estimate of drug-likeness (QED) is 0.744. The van der Waals surface area contributed by atoms with Gasteiger partial charge in [-0.2, -0.15) is 0 Å². The number of hydrogen-bond acceptors (Lipinski definition) is 3. The van der Waals surface area contributed by atoms with Crippen molar-refractivity contribution in [2.75, 3.05) is 13.2 Å². The molecule has 19 heavy (non-hydrogen) atoms. The van der Waals surface area contributed by atoms with Crippen LogP contribution in [0.1, 0.15) is 58.3 Å². The van der Waals surface area contributed by atoms with Crippen molar-refractivity contribution in [3.05, 3.63) is 0 Å². The van der Waals surface area contributed by atoms with Gasteiger partial charge in [-0.3, -0.25) is 0 Å². The average molecular weight is 267 g/mol. The van der Waals surface area contributed by atoms with Gasteiger partial charge in [0, 0.05) is 6.04 Å². The second-order valence-electron chi connectivity index (χ2n) is 7.12. The molecule has 3 nitrogen and oxygen atoms in total. The van der Waals surface area contributed by atoms with E-state index in [1.807, 2.05) is 0 Å². The minimum atomic E-state index is -0.141. The normalized spacial score (nSPS) is 35.1. The van der Waals surface area contributed by atoms with Gasteiger partial charge in [-0.25, -0.2) is 0 Å². The summed E-state index contributed by atoms with van der Waals surface area (Å²) in [4.78, 5) is 0. The summed E-state index contributed by atoms with van der Waals surface area (Å²) < 4.78 is 6.26. The van der Waals surface area contributed by atoms with Crippen molar-refractivity contribution >= 4 is 0 Å². The maximum absolute atomic E-state index is 9.92. The molecule has 3 fully saturated rings. The van der Waals surface area contributed by atoms with Gasteiger partial charge in [0.15, 0.2) is 0 Å². The summed E-state index contributed by atoms with van der Waals surface area (Å²) in [7, 11) is 0. The average Bonchev–Trinajstić information content (AvgIpc) is 3.28. The number of aliphatic hydroxyl groups is 1. The SMILES string of the molecule is CC1CCCCC1OCC(CO)(NC1CC1)C1CC1. The lowest BCUT2D eigenvalue weighted by atomic mass is 9.87. The Labute approximate surface area is 117 Å². The predicted molar refractivity (Wildman–Crippen MR) is 76.1 cm³/mol. The van der Waals surface area contributed by atoms with Crippen LogP contribution in [0, 0.1) is 11.8 Å². The van der Waals surface area contributed by atoms with Gasteiger partial charge in [0.1, 0.15) is 0 Å². The van der Waals surface area contributed by atoms with Gasteiger partial charge in [0.2, 0.25) is 0 Å². The maximum atomic E-state index is 9.92. The summed E-state index contributed by atoms with van der Waals surface area (Å²) in [6, 6.07) is 0.639. The summed E-state index contributed by atoms with van der Waals surface area (Å²) in [5, 5.41) is 13.6. The lowest BCUT2D eigenvalue weighted by molar-refractivity contribution is -0.0528. The van der Waals surface area contributed by atoms with Crippen molar-refractivity contribution in [1.29, 1.82) is 0 Å². The number of ether oxygens (including phenoxy) is 1. The van der Waals surface area contributed by atoms with Crippen LogP contribution in [-0.4, -0.2) is 36.0 Å². The highest BCUT2D eigenvalue weighted by Crippen LogP contribution is 2.42. The van der Waals surface area contributed by atoms with Crippen LogP contribution in [0.2, 0.25) is 0 Å².